The lowest BCUT2D eigenvalue weighted by Crippen LogP contribution is -2.40. The maximum atomic E-state index is 12.0. The Morgan fingerprint density at radius 1 is 1.53 bits per heavy atom. The van der Waals surface area contributed by atoms with Gasteiger partial charge in [0.15, 0.2) is 0 Å². The van der Waals surface area contributed by atoms with Crippen molar-refractivity contribution in [2.45, 2.75) is 58.5 Å². The summed E-state index contributed by atoms with van der Waals surface area (Å²) in [6.07, 6.45) is 4.09. The van der Waals surface area contributed by atoms with Crippen LogP contribution in [0.4, 0.5) is 0 Å². The first-order chi connectivity index (χ1) is 7.15. The summed E-state index contributed by atoms with van der Waals surface area (Å²) >= 11 is 0. The van der Waals surface area contributed by atoms with E-state index >= 15 is 0 Å². The lowest BCUT2D eigenvalue weighted by atomic mass is 10.1. The van der Waals surface area contributed by atoms with Crippen LogP contribution >= 0.6 is 0 Å². The predicted molar refractivity (Wildman–Crippen MR) is 62.8 cm³/mol. The fourth-order valence-electron chi connectivity index (χ4n) is 2.17. The van der Waals surface area contributed by atoms with E-state index in [1.54, 1.807) is 0 Å². The second kappa shape index (κ2) is 6.11. The normalized spacial score (nSPS) is 20.9. The van der Waals surface area contributed by atoms with Crippen LogP contribution in [-0.2, 0) is 4.79 Å². The molecular weight excluding hydrogens is 188 g/mol. The van der Waals surface area contributed by atoms with E-state index < -0.39 is 0 Å². The van der Waals surface area contributed by atoms with Crippen molar-refractivity contribution in [3.63, 3.8) is 0 Å². The van der Waals surface area contributed by atoms with Crippen molar-refractivity contribution < 1.29 is 4.79 Å². The van der Waals surface area contributed by atoms with Gasteiger partial charge < -0.3 is 10.2 Å². The smallest absolute Gasteiger partial charge is 0.224 e. The van der Waals surface area contributed by atoms with Crippen LogP contribution in [0.25, 0.3) is 0 Å². The van der Waals surface area contributed by atoms with Crippen molar-refractivity contribution in [2.75, 3.05) is 13.1 Å². The number of nitrogens with one attached hydrogen (secondary N) is 1. The third-order valence-electron chi connectivity index (χ3n) is 2.99. The first-order valence-electron chi connectivity index (χ1n) is 6.18. The van der Waals surface area contributed by atoms with Gasteiger partial charge in [-0.15, -0.1) is 0 Å². The second-order valence-corrected chi connectivity index (χ2v) is 4.68. The number of carbonyl (C=O) groups excluding carboxylic acids is 1. The van der Waals surface area contributed by atoms with Gasteiger partial charge in [0.2, 0.25) is 5.91 Å². The second-order valence-electron chi connectivity index (χ2n) is 4.68. The molecule has 1 unspecified atom stereocenters. The molecule has 0 aromatic heterocycles. The highest BCUT2D eigenvalue weighted by molar-refractivity contribution is 5.77. The Morgan fingerprint density at radius 3 is 2.73 bits per heavy atom. The zero-order chi connectivity index (χ0) is 11.3. The van der Waals surface area contributed by atoms with E-state index in [1.165, 1.54) is 6.42 Å². The molecule has 3 heteroatoms. The minimum Gasteiger partial charge on any atom is -0.340 e. The summed E-state index contributed by atoms with van der Waals surface area (Å²) < 4.78 is 0. The average molecular weight is 212 g/mol. The van der Waals surface area contributed by atoms with Gasteiger partial charge in [0.1, 0.15) is 0 Å². The molecule has 0 aliphatic carbocycles. The summed E-state index contributed by atoms with van der Waals surface area (Å²) in [6, 6.07) is 0.759. The minimum atomic E-state index is 0.311. The molecule has 1 fully saturated rings. The van der Waals surface area contributed by atoms with Crippen molar-refractivity contribution in [3.05, 3.63) is 0 Å². The van der Waals surface area contributed by atoms with Gasteiger partial charge in [-0.3, -0.25) is 4.79 Å². The summed E-state index contributed by atoms with van der Waals surface area (Å²) in [4.78, 5) is 14.0. The Labute approximate surface area is 93.2 Å². The van der Waals surface area contributed by atoms with Gasteiger partial charge in [-0.25, -0.2) is 0 Å². The molecule has 3 nitrogen and oxygen atoms in total. The van der Waals surface area contributed by atoms with E-state index in [9.17, 15) is 4.79 Å². The third kappa shape index (κ3) is 3.82. The van der Waals surface area contributed by atoms with Gasteiger partial charge >= 0.3 is 0 Å². The summed E-state index contributed by atoms with van der Waals surface area (Å²) in [5.74, 6) is 0.311. The standard InChI is InChI=1S/C12H24N2O/c1-4-8-14(10(2)3)12(15)9-11-6-5-7-13-11/h10-11,13H,4-9H2,1-3H3. The molecule has 1 atom stereocenters. The molecule has 0 aromatic carbocycles. The van der Waals surface area contributed by atoms with E-state index in [2.05, 4.69) is 26.1 Å². The van der Waals surface area contributed by atoms with E-state index in [-0.39, 0.29) is 0 Å². The zero-order valence-corrected chi connectivity index (χ0v) is 10.3. The highest BCUT2D eigenvalue weighted by Crippen LogP contribution is 2.12. The van der Waals surface area contributed by atoms with Crippen LogP contribution in [0.3, 0.4) is 0 Å². The minimum absolute atomic E-state index is 0.311. The molecule has 0 radical (unpaired) electrons. The topological polar surface area (TPSA) is 32.3 Å². The first-order valence-corrected chi connectivity index (χ1v) is 6.18. The van der Waals surface area contributed by atoms with Crippen molar-refractivity contribution in [1.82, 2.24) is 10.2 Å². The van der Waals surface area contributed by atoms with E-state index in [1.807, 2.05) is 4.90 Å². The monoisotopic (exact) mass is 212 g/mol. The average Bonchev–Trinajstić information content (AvgIpc) is 2.65. The van der Waals surface area contributed by atoms with Gasteiger partial charge in [0.25, 0.3) is 0 Å². The molecule has 1 aliphatic heterocycles. The fraction of sp³-hybridized carbons (Fsp3) is 0.917. The molecule has 0 aromatic rings. The number of rotatable bonds is 5. The van der Waals surface area contributed by atoms with Crippen LogP contribution in [0, 0.1) is 0 Å². The summed E-state index contributed by atoms with van der Waals surface area (Å²) in [5, 5.41) is 3.38. The SMILES string of the molecule is CCCN(C(=O)CC1CCCN1)C(C)C. The Kier molecular flexibility index (Phi) is 5.09. The molecule has 88 valence electrons. The largest absolute Gasteiger partial charge is 0.340 e. The molecule has 0 saturated carbocycles. The maximum absolute atomic E-state index is 12.0. The Bertz CT molecular complexity index is 198. The molecule has 1 heterocycles. The van der Waals surface area contributed by atoms with Crippen LogP contribution < -0.4 is 5.32 Å². The molecule has 15 heavy (non-hydrogen) atoms. The molecular formula is C12H24N2O. The van der Waals surface area contributed by atoms with Gasteiger partial charge in [-0.1, -0.05) is 6.92 Å². The van der Waals surface area contributed by atoms with Crippen LogP contribution in [0.15, 0.2) is 0 Å². The summed E-state index contributed by atoms with van der Waals surface area (Å²) in [6.45, 7) is 8.28. The lowest BCUT2D eigenvalue weighted by Gasteiger charge is -2.27. The van der Waals surface area contributed by atoms with E-state index in [0.29, 0.717) is 24.4 Å². The lowest BCUT2D eigenvalue weighted by molar-refractivity contribution is -0.133. The van der Waals surface area contributed by atoms with Gasteiger partial charge in [0.05, 0.1) is 0 Å². The summed E-state index contributed by atoms with van der Waals surface area (Å²) in [7, 11) is 0. The molecule has 1 N–H and O–H groups in total. The van der Waals surface area contributed by atoms with Crippen molar-refractivity contribution in [3.8, 4) is 0 Å². The molecule has 1 aliphatic rings. The van der Waals surface area contributed by atoms with E-state index in [4.69, 9.17) is 0 Å². The van der Waals surface area contributed by atoms with Crippen molar-refractivity contribution in [2.24, 2.45) is 0 Å². The number of hydrogen-bond donors (Lipinski definition) is 1. The van der Waals surface area contributed by atoms with Crippen molar-refractivity contribution in [1.29, 1.82) is 0 Å². The third-order valence-corrected chi connectivity index (χ3v) is 2.99. The predicted octanol–water partition coefficient (Wildman–Crippen LogP) is 1.78. The van der Waals surface area contributed by atoms with Crippen molar-refractivity contribution >= 4 is 5.91 Å². The molecule has 0 bridgehead atoms. The molecule has 1 rings (SSSR count). The summed E-state index contributed by atoms with van der Waals surface area (Å²) in [5.41, 5.74) is 0. The molecule has 1 saturated heterocycles. The van der Waals surface area contributed by atoms with Crippen LogP contribution in [0.1, 0.15) is 46.5 Å². The quantitative estimate of drug-likeness (QED) is 0.753. The Hall–Kier alpha value is -0.570. The fourth-order valence-corrected chi connectivity index (χ4v) is 2.17. The van der Waals surface area contributed by atoms with E-state index in [0.717, 1.165) is 25.9 Å². The van der Waals surface area contributed by atoms with Gasteiger partial charge in [-0.2, -0.15) is 0 Å². The maximum Gasteiger partial charge on any atom is 0.224 e. The number of carbonyl (C=O) groups is 1. The van der Waals surface area contributed by atoms with Crippen LogP contribution in [0.2, 0.25) is 0 Å². The highest BCUT2D eigenvalue weighted by atomic mass is 16.2. The zero-order valence-electron chi connectivity index (χ0n) is 10.3. The van der Waals surface area contributed by atoms with Crippen LogP contribution in [-0.4, -0.2) is 36.0 Å². The van der Waals surface area contributed by atoms with Gasteiger partial charge in [0, 0.05) is 25.0 Å². The Balaban J connectivity index is 2.40. The highest BCUT2D eigenvalue weighted by Gasteiger charge is 2.22. The number of nitrogens with zero attached hydrogens (tertiary/aromatic N) is 1. The van der Waals surface area contributed by atoms with Gasteiger partial charge in [-0.05, 0) is 39.7 Å². The molecule has 1 amide bonds. The number of hydrogen-bond acceptors (Lipinski definition) is 2. The van der Waals surface area contributed by atoms with Crippen LogP contribution in [0.5, 0.6) is 0 Å². The Morgan fingerprint density at radius 2 is 2.27 bits per heavy atom. The number of amides is 1. The molecule has 0 spiro atoms. The first kappa shape index (κ1) is 12.5.